The van der Waals surface area contributed by atoms with E-state index in [-0.39, 0.29) is 12.4 Å². The number of halogens is 1. The molecule has 1 aromatic heterocycles. The Kier molecular flexibility index (Phi) is 6.57. The van der Waals surface area contributed by atoms with Gasteiger partial charge in [0.2, 0.25) is 5.95 Å². The van der Waals surface area contributed by atoms with Crippen molar-refractivity contribution < 1.29 is 13.2 Å². The number of sulfone groups is 1. The van der Waals surface area contributed by atoms with Crippen LogP contribution in [0, 0.1) is 0 Å². The number of ether oxygens (including phenoxy) is 1. The highest BCUT2D eigenvalue weighted by Gasteiger charge is 2.12. The molecule has 1 saturated heterocycles. The Morgan fingerprint density at radius 1 is 1.12 bits per heavy atom. The summed E-state index contributed by atoms with van der Waals surface area (Å²) in [7, 11) is -3.17. The first-order valence-corrected chi connectivity index (χ1v) is 9.61. The van der Waals surface area contributed by atoms with Crippen LogP contribution in [0.25, 0.3) is 0 Å². The van der Waals surface area contributed by atoms with Gasteiger partial charge in [0.15, 0.2) is 15.6 Å². The minimum absolute atomic E-state index is 0. The second-order valence-corrected chi connectivity index (χ2v) is 7.68. The highest BCUT2D eigenvalue weighted by molar-refractivity contribution is 7.90. The molecular formula is C16H21ClN4O3S. The van der Waals surface area contributed by atoms with Gasteiger partial charge in [-0.25, -0.2) is 18.4 Å². The molecule has 9 heteroatoms. The van der Waals surface area contributed by atoms with Crippen molar-refractivity contribution >= 4 is 28.2 Å². The smallest absolute Gasteiger partial charge is 0.225 e. The fourth-order valence-electron chi connectivity index (χ4n) is 2.41. The van der Waals surface area contributed by atoms with Crippen LogP contribution in [0.1, 0.15) is 5.56 Å². The number of benzene rings is 1. The predicted octanol–water partition coefficient (Wildman–Crippen LogP) is 1.29. The standard InChI is InChI=1S/C16H20N4O3S.ClH/c1-24(21,22)15-4-2-13(3-5-15)12-23-14-10-18-16(19-11-14)20-8-6-17-7-9-20;/h2-5,10-11,17H,6-9,12H2,1H3;1H. The first kappa shape index (κ1) is 19.4. The molecule has 1 fully saturated rings. The van der Waals surface area contributed by atoms with E-state index >= 15 is 0 Å². The normalized spacial score (nSPS) is 14.7. The molecule has 0 saturated carbocycles. The number of nitrogens with zero attached hydrogens (tertiary/aromatic N) is 3. The van der Waals surface area contributed by atoms with Crippen LogP contribution in [-0.2, 0) is 16.4 Å². The molecule has 0 amide bonds. The van der Waals surface area contributed by atoms with Gasteiger partial charge in [-0.2, -0.15) is 0 Å². The van der Waals surface area contributed by atoms with Gasteiger partial charge < -0.3 is 15.0 Å². The van der Waals surface area contributed by atoms with E-state index in [1.165, 1.54) is 6.26 Å². The summed E-state index contributed by atoms with van der Waals surface area (Å²) in [6.45, 7) is 4.00. The van der Waals surface area contributed by atoms with Crippen LogP contribution >= 0.6 is 12.4 Å². The van der Waals surface area contributed by atoms with Crippen LogP contribution in [0.5, 0.6) is 5.75 Å². The highest BCUT2D eigenvalue weighted by atomic mass is 35.5. The Labute approximate surface area is 153 Å². The number of aromatic nitrogens is 2. The number of nitrogens with one attached hydrogen (secondary N) is 1. The fraction of sp³-hybridized carbons (Fsp3) is 0.375. The lowest BCUT2D eigenvalue weighted by atomic mass is 10.2. The van der Waals surface area contributed by atoms with E-state index in [0.717, 1.165) is 31.7 Å². The summed E-state index contributed by atoms with van der Waals surface area (Å²) in [5.41, 5.74) is 0.883. The largest absolute Gasteiger partial charge is 0.486 e. The van der Waals surface area contributed by atoms with Gasteiger partial charge in [-0.1, -0.05) is 12.1 Å². The minimum atomic E-state index is -3.17. The van der Waals surface area contributed by atoms with E-state index in [2.05, 4.69) is 20.2 Å². The molecule has 0 atom stereocenters. The molecule has 7 nitrogen and oxygen atoms in total. The van der Waals surface area contributed by atoms with Gasteiger partial charge >= 0.3 is 0 Å². The molecule has 0 unspecified atom stereocenters. The zero-order chi connectivity index (χ0) is 17.0. The summed E-state index contributed by atoms with van der Waals surface area (Å²) in [5.74, 6) is 1.29. The Balaban J connectivity index is 0.00000225. The van der Waals surface area contributed by atoms with Gasteiger partial charge in [0.05, 0.1) is 17.3 Å². The Morgan fingerprint density at radius 3 is 2.28 bits per heavy atom. The van der Waals surface area contributed by atoms with Crippen molar-refractivity contribution in [2.75, 3.05) is 37.3 Å². The van der Waals surface area contributed by atoms with Crippen LogP contribution < -0.4 is 15.0 Å². The van der Waals surface area contributed by atoms with Crippen LogP contribution in [0.3, 0.4) is 0 Å². The monoisotopic (exact) mass is 384 g/mol. The van der Waals surface area contributed by atoms with Crippen molar-refractivity contribution in [3.05, 3.63) is 42.2 Å². The molecule has 0 aliphatic carbocycles. The number of hydrogen-bond acceptors (Lipinski definition) is 7. The van der Waals surface area contributed by atoms with Gasteiger partial charge in [-0.05, 0) is 17.7 Å². The van der Waals surface area contributed by atoms with E-state index in [0.29, 0.717) is 23.2 Å². The molecular weight excluding hydrogens is 364 g/mol. The molecule has 25 heavy (non-hydrogen) atoms. The van der Waals surface area contributed by atoms with Crippen molar-refractivity contribution in [2.24, 2.45) is 0 Å². The minimum Gasteiger partial charge on any atom is -0.486 e. The van der Waals surface area contributed by atoms with Crippen molar-refractivity contribution in [2.45, 2.75) is 11.5 Å². The van der Waals surface area contributed by atoms with E-state index in [1.54, 1.807) is 36.7 Å². The molecule has 136 valence electrons. The molecule has 0 bridgehead atoms. The van der Waals surface area contributed by atoms with Gasteiger partial charge in [0, 0.05) is 32.4 Å². The summed E-state index contributed by atoms with van der Waals surface area (Å²) < 4.78 is 28.5. The summed E-state index contributed by atoms with van der Waals surface area (Å²) >= 11 is 0. The molecule has 1 N–H and O–H groups in total. The molecule has 2 aromatic rings. The second kappa shape index (κ2) is 8.46. The zero-order valence-electron chi connectivity index (χ0n) is 13.9. The molecule has 3 rings (SSSR count). The molecule has 0 spiro atoms. The van der Waals surface area contributed by atoms with Crippen molar-refractivity contribution in [1.82, 2.24) is 15.3 Å². The topological polar surface area (TPSA) is 84.4 Å². The first-order valence-electron chi connectivity index (χ1n) is 7.72. The average molecular weight is 385 g/mol. The van der Waals surface area contributed by atoms with Crippen molar-refractivity contribution in [1.29, 1.82) is 0 Å². The SMILES string of the molecule is CS(=O)(=O)c1ccc(COc2cnc(N3CCNCC3)nc2)cc1.Cl. The Morgan fingerprint density at radius 2 is 1.72 bits per heavy atom. The number of hydrogen-bond donors (Lipinski definition) is 1. The van der Waals surface area contributed by atoms with Gasteiger partial charge in [-0.15, -0.1) is 12.4 Å². The molecule has 1 aliphatic heterocycles. The zero-order valence-corrected chi connectivity index (χ0v) is 15.5. The molecule has 1 aliphatic rings. The van der Waals surface area contributed by atoms with Gasteiger partial charge in [0.25, 0.3) is 0 Å². The molecule has 0 radical (unpaired) electrons. The Hall–Kier alpha value is -1.90. The summed E-state index contributed by atoms with van der Waals surface area (Å²) in [4.78, 5) is 11.1. The summed E-state index contributed by atoms with van der Waals surface area (Å²) in [6, 6.07) is 6.65. The first-order chi connectivity index (χ1) is 11.5. The third-order valence-corrected chi connectivity index (χ3v) is 4.90. The maximum Gasteiger partial charge on any atom is 0.225 e. The van der Waals surface area contributed by atoms with Crippen LogP contribution in [0.2, 0.25) is 0 Å². The Bertz CT molecular complexity index is 776. The average Bonchev–Trinajstić information content (AvgIpc) is 2.61. The van der Waals surface area contributed by atoms with Crippen LogP contribution in [-0.4, -0.2) is 50.8 Å². The van der Waals surface area contributed by atoms with E-state index in [1.807, 2.05) is 0 Å². The van der Waals surface area contributed by atoms with Gasteiger partial charge in [0.1, 0.15) is 6.61 Å². The van der Waals surface area contributed by atoms with E-state index in [9.17, 15) is 8.42 Å². The molecule has 2 heterocycles. The maximum absolute atomic E-state index is 11.4. The fourth-order valence-corrected chi connectivity index (χ4v) is 3.04. The molecule has 1 aromatic carbocycles. The second-order valence-electron chi connectivity index (χ2n) is 5.66. The van der Waals surface area contributed by atoms with Crippen LogP contribution in [0.15, 0.2) is 41.6 Å². The van der Waals surface area contributed by atoms with Crippen molar-refractivity contribution in [3.63, 3.8) is 0 Å². The van der Waals surface area contributed by atoms with Crippen molar-refractivity contribution in [3.8, 4) is 5.75 Å². The lowest BCUT2D eigenvalue weighted by Gasteiger charge is -2.27. The number of anilines is 1. The lowest BCUT2D eigenvalue weighted by molar-refractivity contribution is 0.303. The third-order valence-electron chi connectivity index (χ3n) is 3.77. The van der Waals surface area contributed by atoms with Gasteiger partial charge in [-0.3, -0.25) is 0 Å². The number of piperazine rings is 1. The number of rotatable bonds is 5. The van der Waals surface area contributed by atoms with E-state index in [4.69, 9.17) is 4.74 Å². The lowest BCUT2D eigenvalue weighted by Crippen LogP contribution is -2.44. The predicted molar refractivity (Wildman–Crippen MR) is 98.2 cm³/mol. The van der Waals surface area contributed by atoms with E-state index < -0.39 is 9.84 Å². The summed E-state index contributed by atoms with van der Waals surface area (Å²) in [6.07, 6.45) is 4.51. The highest BCUT2D eigenvalue weighted by Crippen LogP contribution is 2.15. The summed E-state index contributed by atoms with van der Waals surface area (Å²) in [5, 5.41) is 3.29. The third kappa shape index (κ3) is 5.29. The van der Waals surface area contributed by atoms with Crippen LogP contribution in [0.4, 0.5) is 5.95 Å². The quantitative estimate of drug-likeness (QED) is 0.831. The maximum atomic E-state index is 11.4.